The molecule has 0 saturated carbocycles. The van der Waals surface area contributed by atoms with Gasteiger partial charge in [-0.15, -0.1) is 0 Å². The molecule has 1 atom stereocenters. The van der Waals surface area contributed by atoms with E-state index in [2.05, 4.69) is 42.9 Å². The molecule has 8 heteroatoms. The van der Waals surface area contributed by atoms with E-state index in [1.165, 1.54) is 5.56 Å². The Morgan fingerprint density at radius 3 is 2.43 bits per heavy atom. The van der Waals surface area contributed by atoms with Crippen molar-refractivity contribution in [3.63, 3.8) is 0 Å². The number of hydrogen-bond acceptors (Lipinski definition) is 4. The van der Waals surface area contributed by atoms with Gasteiger partial charge in [-0.1, -0.05) is 36.7 Å². The maximum Gasteiger partial charge on any atom is 0.258 e. The lowest BCUT2D eigenvalue weighted by molar-refractivity contribution is -0.123. The van der Waals surface area contributed by atoms with Crippen LogP contribution in [0.1, 0.15) is 50.8 Å². The van der Waals surface area contributed by atoms with E-state index >= 15 is 0 Å². The Kier molecular flexibility index (Phi) is 8.42. The van der Waals surface area contributed by atoms with Crippen LogP contribution >= 0.6 is 23.8 Å². The van der Waals surface area contributed by atoms with Gasteiger partial charge in [0.15, 0.2) is 5.11 Å². The van der Waals surface area contributed by atoms with Crippen LogP contribution in [0.15, 0.2) is 36.4 Å². The van der Waals surface area contributed by atoms with E-state index in [1.807, 2.05) is 30.9 Å². The number of carbonyl (C=O) groups excluding carboxylic acids is 1. The standard InChI is InChI=1S/C27H33ClN4O2S/c1-8-22(30(6)7)19-10-12-20(13-11-19)34-17-9-16-31-26(35)32(25(33)27(31,3)4)23-15-14-21(29-5)24(28)18(23)2/h10-15,22H,8-9,16-17H2,1-4,6-7H3. The smallest absolute Gasteiger partial charge is 0.258 e. The van der Waals surface area contributed by atoms with E-state index in [1.54, 1.807) is 24.0 Å². The first-order valence-electron chi connectivity index (χ1n) is 11.8. The SMILES string of the molecule is [C-]#[N+]c1ccc(N2C(=O)C(C)(C)N(CCCOc3ccc(C(CC)N(C)C)cc3)C2=S)c(C)c1Cl. The normalized spacial score (nSPS) is 16.1. The molecule has 0 aromatic heterocycles. The molecule has 0 spiro atoms. The molecule has 6 nitrogen and oxygen atoms in total. The van der Waals surface area contributed by atoms with Gasteiger partial charge in [-0.25, -0.2) is 4.85 Å². The first kappa shape index (κ1) is 26.9. The van der Waals surface area contributed by atoms with Gasteiger partial charge in [-0.3, -0.25) is 9.69 Å². The number of benzene rings is 2. The zero-order valence-electron chi connectivity index (χ0n) is 21.3. The molecule has 0 N–H and O–H groups in total. The molecule has 2 aromatic rings. The zero-order chi connectivity index (χ0) is 25.9. The van der Waals surface area contributed by atoms with Crippen LogP contribution in [-0.2, 0) is 4.79 Å². The topological polar surface area (TPSA) is 40.4 Å². The van der Waals surface area contributed by atoms with Gasteiger partial charge in [0.25, 0.3) is 5.91 Å². The summed E-state index contributed by atoms with van der Waals surface area (Å²) in [6.45, 7) is 16.1. The lowest BCUT2D eigenvalue weighted by Gasteiger charge is -2.29. The van der Waals surface area contributed by atoms with Crippen molar-refractivity contribution in [2.24, 2.45) is 0 Å². The van der Waals surface area contributed by atoms with Crippen LogP contribution in [0.25, 0.3) is 4.85 Å². The first-order valence-corrected chi connectivity index (χ1v) is 12.5. The molecule has 1 fully saturated rings. The third-order valence-corrected chi connectivity index (χ3v) is 7.47. The van der Waals surface area contributed by atoms with Crippen molar-refractivity contribution in [2.45, 2.75) is 52.1 Å². The summed E-state index contributed by atoms with van der Waals surface area (Å²) in [5.74, 6) is 0.716. The fourth-order valence-electron chi connectivity index (χ4n) is 4.51. The van der Waals surface area contributed by atoms with E-state index in [0.717, 1.165) is 12.2 Å². The quantitative estimate of drug-likeness (QED) is 0.221. The van der Waals surface area contributed by atoms with Crippen molar-refractivity contribution in [3.8, 4) is 5.75 Å². The number of hydrogen-bond donors (Lipinski definition) is 0. The van der Waals surface area contributed by atoms with Crippen LogP contribution in [0, 0.1) is 13.5 Å². The van der Waals surface area contributed by atoms with Crippen molar-refractivity contribution in [1.29, 1.82) is 0 Å². The summed E-state index contributed by atoms with van der Waals surface area (Å²) in [6.07, 6.45) is 1.75. The Hall–Kier alpha value is -2.66. The summed E-state index contributed by atoms with van der Waals surface area (Å²) in [6, 6.07) is 12.0. The number of halogens is 1. The highest BCUT2D eigenvalue weighted by molar-refractivity contribution is 7.80. The molecule has 186 valence electrons. The Morgan fingerprint density at radius 1 is 1.20 bits per heavy atom. The lowest BCUT2D eigenvalue weighted by atomic mass is 10.0. The summed E-state index contributed by atoms with van der Waals surface area (Å²) >= 11 is 12.1. The van der Waals surface area contributed by atoms with Gasteiger partial charge in [0, 0.05) is 12.6 Å². The van der Waals surface area contributed by atoms with Gasteiger partial charge in [0.05, 0.1) is 23.9 Å². The summed E-state index contributed by atoms with van der Waals surface area (Å²) in [4.78, 5) is 22.5. The third kappa shape index (κ3) is 5.30. The minimum atomic E-state index is -0.794. The number of rotatable bonds is 9. The maximum absolute atomic E-state index is 13.3. The van der Waals surface area contributed by atoms with Gasteiger partial charge >= 0.3 is 0 Å². The minimum Gasteiger partial charge on any atom is -0.494 e. The van der Waals surface area contributed by atoms with E-state index in [9.17, 15) is 4.79 Å². The van der Waals surface area contributed by atoms with Crippen LogP contribution in [-0.4, -0.2) is 53.6 Å². The van der Waals surface area contributed by atoms with E-state index in [0.29, 0.717) is 52.7 Å². The Labute approximate surface area is 219 Å². The molecular weight excluding hydrogens is 480 g/mol. The van der Waals surface area contributed by atoms with Crippen molar-refractivity contribution in [2.75, 3.05) is 32.1 Å². The number of nitrogens with zero attached hydrogens (tertiary/aromatic N) is 4. The monoisotopic (exact) mass is 512 g/mol. The van der Waals surface area contributed by atoms with Gasteiger partial charge in [0.2, 0.25) is 5.69 Å². The van der Waals surface area contributed by atoms with Gasteiger partial charge in [-0.2, -0.15) is 0 Å². The predicted octanol–water partition coefficient (Wildman–Crippen LogP) is 6.39. The molecule has 0 aliphatic carbocycles. The van der Waals surface area contributed by atoms with Gasteiger partial charge < -0.3 is 14.5 Å². The Bertz CT molecular complexity index is 1140. The second-order valence-corrected chi connectivity index (χ2v) is 10.2. The summed E-state index contributed by atoms with van der Waals surface area (Å²) < 4.78 is 5.97. The zero-order valence-corrected chi connectivity index (χ0v) is 22.8. The van der Waals surface area contributed by atoms with Crippen LogP contribution < -0.4 is 9.64 Å². The van der Waals surface area contributed by atoms with Gasteiger partial charge in [-0.05, 0) is 89.3 Å². The van der Waals surface area contributed by atoms with Gasteiger partial charge in [0.1, 0.15) is 11.3 Å². The van der Waals surface area contributed by atoms with Crippen LogP contribution in [0.4, 0.5) is 11.4 Å². The van der Waals surface area contributed by atoms with Crippen LogP contribution in [0.2, 0.25) is 5.02 Å². The largest absolute Gasteiger partial charge is 0.494 e. The summed E-state index contributed by atoms with van der Waals surface area (Å²) in [5, 5.41) is 0.785. The average Bonchev–Trinajstić information content (AvgIpc) is 2.98. The second-order valence-electron chi connectivity index (χ2n) is 9.45. The summed E-state index contributed by atoms with van der Waals surface area (Å²) in [5.41, 5.74) is 2.12. The molecule has 1 aliphatic rings. The minimum absolute atomic E-state index is 0.111. The Balaban J connectivity index is 1.65. The highest BCUT2D eigenvalue weighted by Gasteiger charge is 2.49. The van der Waals surface area contributed by atoms with E-state index in [4.69, 9.17) is 35.1 Å². The number of anilines is 1. The Morgan fingerprint density at radius 2 is 1.86 bits per heavy atom. The second kappa shape index (κ2) is 10.9. The van der Waals surface area contributed by atoms with Crippen molar-refractivity contribution in [3.05, 3.63) is 64.0 Å². The molecular formula is C27H33ClN4O2S. The van der Waals surface area contributed by atoms with E-state index in [-0.39, 0.29) is 5.91 Å². The fourth-order valence-corrected chi connectivity index (χ4v) is 5.21. The number of amides is 1. The van der Waals surface area contributed by atoms with Crippen LogP contribution in [0.3, 0.4) is 0 Å². The first-order chi connectivity index (χ1) is 16.5. The number of carbonyl (C=O) groups is 1. The molecule has 0 bridgehead atoms. The molecule has 2 aromatic carbocycles. The van der Waals surface area contributed by atoms with E-state index < -0.39 is 5.54 Å². The lowest BCUT2D eigenvalue weighted by Crippen LogP contribution is -2.44. The molecule has 1 saturated heterocycles. The molecule has 0 radical (unpaired) electrons. The number of ether oxygens (including phenoxy) is 1. The average molecular weight is 513 g/mol. The van der Waals surface area contributed by atoms with Crippen LogP contribution in [0.5, 0.6) is 5.75 Å². The molecule has 1 unspecified atom stereocenters. The maximum atomic E-state index is 13.3. The predicted molar refractivity (Wildman–Crippen MR) is 147 cm³/mol. The molecule has 1 amide bonds. The highest BCUT2D eigenvalue weighted by Crippen LogP contribution is 2.39. The van der Waals surface area contributed by atoms with Crippen molar-refractivity contribution >= 4 is 46.2 Å². The highest BCUT2D eigenvalue weighted by atomic mass is 35.5. The third-order valence-electron chi connectivity index (χ3n) is 6.59. The summed E-state index contributed by atoms with van der Waals surface area (Å²) in [7, 11) is 4.18. The molecule has 3 rings (SSSR count). The fraction of sp³-hybridized carbons (Fsp3) is 0.444. The molecule has 1 heterocycles. The van der Waals surface area contributed by atoms with Crippen molar-refractivity contribution < 1.29 is 9.53 Å². The number of thiocarbonyl (C=S) groups is 1. The van der Waals surface area contributed by atoms with Crippen molar-refractivity contribution in [1.82, 2.24) is 9.80 Å². The molecule has 1 aliphatic heterocycles. The molecule has 35 heavy (non-hydrogen) atoms.